The SMILES string of the molecule is CN(Cc1cccnc1CN)CC1CC2CCC1C2. The van der Waals surface area contributed by atoms with Crippen LogP contribution in [-0.4, -0.2) is 23.5 Å². The largest absolute Gasteiger partial charge is 0.325 e. The van der Waals surface area contributed by atoms with Crippen molar-refractivity contribution in [3.05, 3.63) is 29.6 Å². The Hall–Kier alpha value is -0.930. The van der Waals surface area contributed by atoms with Gasteiger partial charge in [0.25, 0.3) is 0 Å². The zero-order chi connectivity index (χ0) is 13.2. The lowest BCUT2D eigenvalue weighted by Crippen LogP contribution is -2.29. The summed E-state index contributed by atoms with van der Waals surface area (Å²) in [6.07, 6.45) is 7.77. The van der Waals surface area contributed by atoms with Crippen LogP contribution in [0.5, 0.6) is 0 Å². The molecule has 0 aliphatic heterocycles. The second-order valence-corrected chi connectivity index (χ2v) is 6.45. The number of rotatable bonds is 5. The summed E-state index contributed by atoms with van der Waals surface area (Å²) in [4.78, 5) is 6.83. The summed E-state index contributed by atoms with van der Waals surface area (Å²) in [6.45, 7) is 2.76. The van der Waals surface area contributed by atoms with E-state index in [-0.39, 0.29) is 0 Å². The molecule has 3 rings (SSSR count). The Bertz CT molecular complexity index is 432. The van der Waals surface area contributed by atoms with Gasteiger partial charge in [-0.05, 0) is 55.7 Å². The molecule has 2 saturated carbocycles. The first-order valence-corrected chi connectivity index (χ1v) is 7.57. The van der Waals surface area contributed by atoms with Gasteiger partial charge in [0.2, 0.25) is 0 Å². The second kappa shape index (κ2) is 5.59. The molecule has 0 spiro atoms. The lowest BCUT2D eigenvalue weighted by molar-refractivity contribution is 0.214. The van der Waals surface area contributed by atoms with E-state index in [1.54, 1.807) is 0 Å². The summed E-state index contributed by atoms with van der Waals surface area (Å²) in [6, 6.07) is 4.17. The lowest BCUT2D eigenvalue weighted by atomic mass is 9.88. The molecular weight excluding hydrogens is 234 g/mol. The molecule has 1 heterocycles. The first-order chi connectivity index (χ1) is 9.26. The molecule has 2 fully saturated rings. The van der Waals surface area contributed by atoms with Crippen molar-refractivity contribution >= 4 is 0 Å². The quantitative estimate of drug-likeness (QED) is 0.883. The minimum Gasteiger partial charge on any atom is -0.325 e. The van der Waals surface area contributed by atoms with Crippen LogP contribution in [-0.2, 0) is 13.1 Å². The number of hydrogen-bond donors (Lipinski definition) is 1. The number of nitrogens with two attached hydrogens (primary N) is 1. The van der Waals surface area contributed by atoms with Gasteiger partial charge in [-0.3, -0.25) is 4.98 Å². The van der Waals surface area contributed by atoms with Crippen LogP contribution in [0.1, 0.15) is 36.9 Å². The highest BCUT2D eigenvalue weighted by Crippen LogP contribution is 2.48. The molecule has 2 N–H and O–H groups in total. The Morgan fingerprint density at radius 2 is 2.26 bits per heavy atom. The van der Waals surface area contributed by atoms with Crippen LogP contribution in [0.25, 0.3) is 0 Å². The molecule has 0 saturated heterocycles. The van der Waals surface area contributed by atoms with Crippen LogP contribution in [0, 0.1) is 17.8 Å². The van der Waals surface area contributed by atoms with Crippen LogP contribution < -0.4 is 5.73 Å². The van der Waals surface area contributed by atoms with Crippen molar-refractivity contribution in [1.82, 2.24) is 9.88 Å². The molecule has 2 bridgehead atoms. The van der Waals surface area contributed by atoms with Crippen LogP contribution in [0.2, 0.25) is 0 Å². The van der Waals surface area contributed by atoms with E-state index in [4.69, 9.17) is 5.73 Å². The molecule has 0 aromatic carbocycles. The number of hydrogen-bond acceptors (Lipinski definition) is 3. The summed E-state index contributed by atoms with van der Waals surface area (Å²) in [7, 11) is 2.24. The van der Waals surface area contributed by atoms with Gasteiger partial charge < -0.3 is 10.6 Å². The van der Waals surface area contributed by atoms with Gasteiger partial charge in [-0.1, -0.05) is 12.5 Å². The molecule has 104 valence electrons. The Kier molecular flexibility index (Phi) is 3.85. The molecule has 0 amide bonds. The molecule has 3 unspecified atom stereocenters. The van der Waals surface area contributed by atoms with E-state index in [9.17, 15) is 0 Å². The molecule has 1 aromatic heterocycles. The van der Waals surface area contributed by atoms with Crippen LogP contribution in [0.3, 0.4) is 0 Å². The average Bonchev–Trinajstić information content (AvgIpc) is 3.01. The van der Waals surface area contributed by atoms with Crippen LogP contribution in [0.15, 0.2) is 18.3 Å². The van der Waals surface area contributed by atoms with E-state index in [0.717, 1.165) is 30.0 Å². The van der Waals surface area contributed by atoms with E-state index in [1.807, 2.05) is 12.3 Å². The standard InChI is InChI=1S/C16H25N3/c1-19(10-14-3-2-6-18-16(14)9-17)11-15-8-12-4-5-13(15)7-12/h2-3,6,12-13,15H,4-5,7-11,17H2,1H3. The fraction of sp³-hybridized carbons (Fsp3) is 0.688. The maximum Gasteiger partial charge on any atom is 0.0584 e. The Morgan fingerprint density at radius 3 is 2.95 bits per heavy atom. The molecule has 3 atom stereocenters. The summed E-state index contributed by atoms with van der Waals surface area (Å²) in [5, 5.41) is 0. The second-order valence-electron chi connectivity index (χ2n) is 6.45. The molecule has 2 aliphatic rings. The fourth-order valence-electron chi connectivity index (χ4n) is 4.15. The zero-order valence-corrected chi connectivity index (χ0v) is 11.9. The summed E-state index contributed by atoms with van der Waals surface area (Å²) >= 11 is 0. The van der Waals surface area contributed by atoms with E-state index in [2.05, 4.69) is 23.0 Å². The Labute approximate surface area is 116 Å². The third kappa shape index (κ3) is 2.82. The highest BCUT2D eigenvalue weighted by atomic mass is 15.1. The Balaban J connectivity index is 1.57. The van der Waals surface area contributed by atoms with Gasteiger partial charge in [-0.2, -0.15) is 0 Å². The zero-order valence-electron chi connectivity index (χ0n) is 11.9. The van der Waals surface area contributed by atoms with Crippen LogP contribution in [0.4, 0.5) is 0 Å². The predicted octanol–water partition coefficient (Wildman–Crippen LogP) is 2.41. The molecule has 19 heavy (non-hydrogen) atoms. The molecule has 1 aromatic rings. The van der Waals surface area contributed by atoms with Crippen LogP contribution >= 0.6 is 0 Å². The van der Waals surface area contributed by atoms with E-state index in [0.29, 0.717) is 6.54 Å². The van der Waals surface area contributed by atoms with E-state index >= 15 is 0 Å². The predicted molar refractivity (Wildman–Crippen MR) is 77.4 cm³/mol. The summed E-state index contributed by atoms with van der Waals surface area (Å²) in [5.74, 6) is 2.98. The molecule has 0 radical (unpaired) electrons. The van der Waals surface area contributed by atoms with Gasteiger partial charge >= 0.3 is 0 Å². The van der Waals surface area contributed by atoms with Crippen molar-refractivity contribution in [3.63, 3.8) is 0 Å². The smallest absolute Gasteiger partial charge is 0.0584 e. The van der Waals surface area contributed by atoms with Gasteiger partial charge in [0.1, 0.15) is 0 Å². The fourth-order valence-corrected chi connectivity index (χ4v) is 4.15. The van der Waals surface area contributed by atoms with Gasteiger partial charge in [-0.15, -0.1) is 0 Å². The van der Waals surface area contributed by atoms with Crippen molar-refractivity contribution in [3.8, 4) is 0 Å². The van der Waals surface area contributed by atoms with Crippen molar-refractivity contribution in [2.45, 2.75) is 38.8 Å². The third-order valence-electron chi connectivity index (χ3n) is 5.05. The minimum absolute atomic E-state index is 0.540. The van der Waals surface area contributed by atoms with E-state index < -0.39 is 0 Å². The minimum atomic E-state index is 0.540. The summed E-state index contributed by atoms with van der Waals surface area (Å²) in [5.41, 5.74) is 8.09. The molecule has 3 nitrogen and oxygen atoms in total. The monoisotopic (exact) mass is 259 g/mol. The number of aromatic nitrogens is 1. The molecule has 2 aliphatic carbocycles. The normalized spacial score (nSPS) is 29.3. The topological polar surface area (TPSA) is 42.2 Å². The maximum absolute atomic E-state index is 5.76. The highest BCUT2D eigenvalue weighted by molar-refractivity contribution is 5.19. The molecular formula is C16H25N3. The summed E-state index contributed by atoms with van der Waals surface area (Å²) < 4.78 is 0. The average molecular weight is 259 g/mol. The van der Waals surface area contributed by atoms with Crippen molar-refractivity contribution in [1.29, 1.82) is 0 Å². The first kappa shape index (κ1) is 13.1. The number of fused-ring (bicyclic) bond motifs is 2. The van der Waals surface area contributed by atoms with Gasteiger partial charge in [0.05, 0.1) is 5.69 Å². The van der Waals surface area contributed by atoms with E-state index in [1.165, 1.54) is 37.8 Å². The number of nitrogens with zero attached hydrogens (tertiary/aromatic N) is 2. The van der Waals surface area contributed by atoms with Crippen molar-refractivity contribution in [2.75, 3.05) is 13.6 Å². The van der Waals surface area contributed by atoms with Gasteiger partial charge in [-0.25, -0.2) is 0 Å². The van der Waals surface area contributed by atoms with Crippen molar-refractivity contribution in [2.24, 2.45) is 23.5 Å². The first-order valence-electron chi connectivity index (χ1n) is 7.57. The third-order valence-corrected chi connectivity index (χ3v) is 5.05. The highest BCUT2D eigenvalue weighted by Gasteiger charge is 2.39. The lowest BCUT2D eigenvalue weighted by Gasteiger charge is -2.27. The Morgan fingerprint density at radius 1 is 1.37 bits per heavy atom. The van der Waals surface area contributed by atoms with Crippen molar-refractivity contribution < 1.29 is 0 Å². The molecule has 3 heteroatoms. The van der Waals surface area contributed by atoms with Gasteiger partial charge in [0, 0.05) is 25.8 Å². The maximum atomic E-state index is 5.76. The number of pyridine rings is 1. The van der Waals surface area contributed by atoms with Gasteiger partial charge in [0.15, 0.2) is 0 Å².